The molecule has 2 aliphatic heterocycles. The van der Waals surface area contributed by atoms with Crippen molar-refractivity contribution in [2.24, 2.45) is 5.92 Å². The first-order valence-electron chi connectivity index (χ1n) is 5.43. The third-order valence-electron chi connectivity index (χ3n) is 2.75. The second-order valence-electron chi connectivity index (χ2n) is 4.13. The summed E-state index contributed by atoms with van der Waals surface area (Å²) in [6, 6.07) is 0. The van der Waals surface area contributed by atoms with Crippen LogP contribution in [0.2, 0.25) is 0 Å². The molecule has 0 bridgehead atoms. The van der Waals surface area contributed by atoms with Crippen LogP contribution in [0.3, 0.4) is 0 Å². The molecule has 6 heteroatoms. The minimum Gasteiger partial charge on any atom is -0.463 e. The van der Waals surface area contributed by atoms with E-state index in [-0.39, 0.29) is 25.4 Å². The van der Waals surface area contributed by atoms with Crippen molar-refractivity contribution < 1.29 is 28.9 Å². The molecular weight excluding hydrogens is 228 g/mol. The Bertz CT molecular complexity index is 350. The molecule has 6 nitrogen and oxygen atoms in total. The van der Waals surface area contributed by atoms with Crippen molar-refractivity contribution in [2.45, 2.75) is 25.2 Å². The Morgan fingerprint density at radius 1 is 1.65 bits per heavy atom. The first kappa shape index (κ1) is 12.1. The Morgan fingerprint density at radius 2 is 2.35 bits per heavy atom. The van der Waals surface area contributed by atoms with Crippen LogP contribution in [-0.2, 0) is 23.8 Å². The van der Waals surface area contributed by atoms with Crippen LogP contribution in [0.4, 0.5) is 0 Å². The van der Waals surface area contributed by atoms with Gasteiger partial charge < -0.3 is 19.3 Å². The van der Waals surface area contributed by atoms with Gasteiger partial charge in [0.25, 0.3) is 0 Å². The van der Waals surface area contributed by atoms with Crippen LogP contribution in [0.25, 0.3) is 0 Å². The predicted molar refractivity (Wildman–Crippen MR) is 54.9 cm³/mol. The van der Waals surface area contributed by atoms with Crippen LogP contribution in [0, 0.1) is 5.92 Å². The first-order chi connectivity index (χ1) is 8.08. The van der Waals surface area contributed by atoms with Crippen LogP contribution in [0.15, 0.2) is 12.2 Å². The molecule has 4 unspecified atom stereocenters. The number of cyclic esters (lactones) is 1. The lowest BCUT2D eigenvalue weighted by molar-refractivity contribution is -0.146. The van der Waals surface area contributed by atoms with E-state index in [1.54, 1.807) is 6.08 Å². The minimum atomic E-state index is -1.20. The van der Waals surface area contributed by atoms with Crippen LogP contribution in [0.5, 0.6) is 0 Å². The fourth-order valence-corrected chi connectivity index (χ4v) is 1.51. The highest BCUT2D eigenvalue weighted by Crippen LogP contribution is 2.22. The largest absolute Gasteiger partial charge is 0.463 e. The number of hydrogen-bond acceptors (Lipinski definition) is 6. The summed E-state index contributed by atoms with van der Waals surface area (Å²) in [4.78, 5) is 22.1. The second kappa shape index (κ2) is 4.85. The van der Waals surface area contributed by atoms with E-state index in [4.69, 9.17) is 9.47 Å². The molecule has 0 aromatic carbocycles. The maximum Gasteiger partial charge on any atom is 0.335 e. The third kappa shape index (κ3) is 3.04. The van der Waals surface area contributed by atoms with Gasteiger partial charge in [-0.2, -0.15) is 0 Å². The Balaban J connectivity index is 1.69. The summed E-state index contributed by atoms with van der Waals surface area (Å²) >= 11 is 0. The van der Waals surface area contributed by atoms with Crippen molar-refractivity contribution in [3.63, 3.8) is 0 Å². The highest BCUT2D eigenvalue weighted by molar-refractivity contribution is 5.82. The average Bonchev–Trinajstić information content (AvgIpc) is 2.92. The minimum absolute atomic E-state index is 0.00969. The number of rotatable bonds is 4. The summed E-state index contributed by atoms with van der Waals surface area (Å²) in [7, 11) is 0. The smallest absolute Gasteiger partial charge is 0.335 e. The van der Waals surface area contributed by atoms with E-state index < -0.39 is 24.0 Å². The van der Waals surface area contributed by atoms with Gasteiger partial charge in [0.05, 0.1) is 12.0 Å². The zero-order valence-corrected chi connectivity index (χ0v) is 9.37. The fraction of sp³-hybridized carbons (Fsp3) is 0.636. The number of carbonyl (C=O) groups excluding carboxylic acids is 2. The number of aliphatic hydroxyl groups excluding tert-OH is 1. The Kier molecular flexibility index (Phi) is 3.44. The number of epoxide rings is 1. The van der Waals surface area contributed by atoms with Gasteiger partial charge in [-0.15, -0.1) is 0 Å². The maximum absolute atomic E-state index is 11.3. The molecule has 0 aromatic heterocycles. The number of aliphatic hydroxyl groups is 1. The van der Waals surface area contributed by atoms with Gasteiger partial charge in [0.2, 0.25) is 0 Å². The van der Waals surface area contributed by atoms with E-state index in [9.17, 15) is 14.7 Å². The summed E-state index contributed by atoms with van der Waals surface area (Å²) in [5, 5.41) is 9.33. The maximum atomic E-state index is 11.3. The molecule has 0 aromatic rings. The lowest BCUT2D eigenvalue weighted by Crippen LogP contribution is -2.26. The summed E-state index contributed by atoms with van der Waals surface area (Å²) < 4.78 is 14.6. The first-order valence-corrected chi connectivity index (χ1v) is 5.43. The summed E-state index contributed by atoms with van der Waals surface area (Å²) in [6.45, 7) is 1.95. The normalized spacial score (nSPS) is 36.0. The molecule has 0 radical (unpaired) electrons. The number of carbonyl (C=O) groups is 2. The second-order valence-corrected chi connectivity index (χ2v) is 4.13. The molecule has 0 aliphatic carbocycles. The molecule has 17 heavy (non-hydrogen) atoms. The molecule has 2 fully saturated rings. The molecule has 4 atom stereocenters. The van der Waals surface area contributed by atoms with Crippen molar-refractivity contribution in [3.05, 3.63) is 12.2 Å². The Morgan fingerprint density at radius 3 is 2.88 bits per heavy atom. The summed E-state index contributed by atoms with van der Waals surface area (Å²) in [5.41, 5.74) is 0. The summed E-state index contributed by atoms with van der Waals surface area (Å²) in [5.74, 6) is -1.66. The van der Waals surface area contributed by atoms with Crippen molar-refractivity contribution in [1.82, 2.24) is 0 Å². The van der Waals surface area contributed by atoms with Gasteiger partial charge in [-0.1, -0.05) is 0 Å². The van der Waals surface area contributed by atoms with Gasteiger partial charge in [0.1, 0.15) is 19.3 Å². The van der Waals surface area contributed by atoms with Gasteiger partial charge in [-0.3, -0.25) is 0 Å². The van der Waals surface area contributed by atoms with Crippen LogP contribution < -0.4 is 0 Å². The standard InChI is InChI=1S/C11H14O6/c1-6-8(17-6)2-3-9(12)15-4-7-5-16-11(14)10(7)13/h2-3,6-8,10,13H,4-5H2,1H3. The van der Waals surface area contributed by atoms with Gasteiger partial charge >= 0.3 is 11.9 Å². The van der Waals surface area contributed by atoms with Gasteiger partial charge in [-0.25, -0.2) is 9.59 Å². The molecule has 2 rings (SSSR count). The molecule has 0 amide bonds. The third-order valence-corrected chi connectivity index (χ3v) is 2.75. The Labute approximate surface area is 98.1 Å². The van der Waals surface area contributed by atoms with Crippen molar-refractivity contribution in [3.8, 4) is 0 Å². The van der Waals surface area contributed by atoms with E-state index in [0.29, 0.717) is 0 Å². The quantitative estimate of drug-likeness (QED) is 0.403. The van der Waals surface area contributed by atoms with E-state index in [2.05, 4.69) is 4.74 Å². The number of ether oxygens (including phenoxy) is 3. The fourth-order valence-electron chi connectivity index (χ4n) is 1.51. The van der Waals surface area contributed by atoms with E-state index in [0.717, 1.165) is 0 Å². The molecular formula is C11H14O6. The zero-order valence-electron chi connectivity index (χ0n) is 9.37. The highest BCUT2D eigenvalue weighted by Gasteiger charge is 2.36. The monoisotopic (exact) mass is 242 g/mol. The van der Waals surface area contributed by atoms with Gasteiger partial charge in [0, 0.05) is 6.08 Å². The molecule has 94 valence electrons. The molecule has 0 saturated carbocycles. The van der Waals surface area contributed by atoms with Crippen LogP contribution in [-0.4, -0.2) is 48.6 Å². The molecule has 2 heterocycles. The SMILES string of the molecule is CC1OC1C=CC(=O)OCC1COC(=O)C1O. The molecule has 1 N–H and O–H groups in total. The molecule has 2 saturated heterocycles. The molecule has 2 aliphatic rings. The average molecular weight is 242 g/mol. The number of esters is 2. The van der Waals surface area contributed by atoms with Gasteiger partial charge in [-0.05, 0) is 13.0 Å². The van der Waals surface area contributed by atoms with Crippen molar-refractivity contribution in [1.29, 1.82) is 0 Å². The summed E-state index contributed by atoms with van der Waals surface area (Å²) in [6.07, 6.45) is 1.86. The van der Waals surface area contributed by atoms with Crippen molar-refractivity contribution >= 4 is 11.9 Å². The van der Waals surface area contributed by atoms with E-state index in [1.807, 2.05) is 6.92 Å². The number of hydrogen-bond donors (Lipinski definition) is 1. The highest BCUT2D eigenvalue weighted by atomic mass is 16.6. The van der Waals surface area contributed by atoms with Crippen LogP contribution in [0.1, 0.15) is 6.92 Å². The molecule has 0 spiro atoms. The topological polar surface area (TPSA) is 85.4 Å². The lowest BCUT2D eigenvalue weighted by Gasteiger charge is -2.09. The van der Waals surface area contributed by atoms with Gasteiger partial charge in [0.15, 0.2) is 6.10 Å². The van der Waals surface area contributed by atoms with Crippen LogP contribution >= 0.6 is 0 Å². The Hall–Kier alpha value is -1.40. The van der Waals surface area contributed by atoms with Crippen molar-refractivity contribution in [2.75, 3.05) is 13.2 Å². The zero-order chi connectivity index (χ0) is 12.4. The predicted octanol–water partition coefficient (Wildman–Crippen LogP) is -0.593. The van der Waals surface area contributed by atoms with E-state index in [1.165, 1.54) is 6.08 Å². The lowest BCUT2D eigenvalue weighted by atomic mass is 10.1. The van der Waals surface area contributed by atoms with E-state index >= 15 is 0 Å².